The first-order valence-electron chi connectivity index (χ1n) is 8.22. The summed E-state index contributed by atoms with van der Waals surface area (Å²) in [5.41, 5.74) is 5.33. The summed E-state index contributed by atoms with van der Waals surface area (Å²) >= 11 is 1.45. The van der Waals surface area contributed by atoms with Gasteiger partial charge in [0.15, 0.2) is 11.5 Å². The Labute approximate surface area is 154 Å². The van der Waals surface area contributed by atoms with Crippen LogP contribution in [0.1, 0.15) is 0 Å². The average molecular weight is 364 g/mol. The normalized spacial score (nSPS) is 12.7. The lowest BCUT2D eigenvalue weighted by atomic mass is 10.0. The van der Waals surface area contributed by atoms with Crippen molar-refractivity contribution in [2.45, 2.75) is 0 Å². The summed E-state index contributed by atoms with van der Waals surface area (Å²) in [6.07, 6.45) is 2.07. The van der Waals surface area contributed by atoms with Crippen LogP contribution in [0.4, 0.5) is 0 Å². The first-order valence-corrected chi connectivity index (χ1v) is 9.06. The predicted molar refractivity (Wildman–Crippen MR) is 102 cm³/mol. The first-order chi connectivity index (χ1) is 12.7. The van der Waals surface area contributed by atoms with Gasteiger partial charge in [0.05, 0.1) is 12.8 Å². The lowest BCUT2D eigenvalue weighted by Crippen LogP contribution is -1.93. The van der Waals surface area contributed by atoms with Crippen molar-refractivity contribution in [3.05, 3.63) is 48.0 Å². The predicted octanol–water partition coefficient (Wildman–Crippen LogP) is 4.71. The van der Waals surface area contributed by atoms with Gasteiger partial charge in [0.2, 0.25) is 12.5 Å². The van der Waals surface area contributed by atoms with Crippen molar-refractivity contribution < 1.29 is 14.2 Å². The fraction of sp³-hybridized carbons (Fsp3) is 0.150. The molecule has 130 valence electrons. The smallest absolute Gasteiger partial charge is 0.231 e. The van der Waals surface area contributed by atoms with Crippen LogP contribution in [0.15, 0.2) is 48.0 Å². The van der Waals surface area contributed by atoms with E-state index >= 15 is 0 Å². The molecule has 0 N–H and O–H groups in total. The van der Waals surface area contributed by atoms with E-state index in [4.69, 9.17) is 14.2 Å². The number of nitrogens with zero attached hydrogens (tertiary/aromatic N) is 2. The summed E-state index contributed by atoms with van der Waals surface area (Å²) < 4.78 is 23.3. The fourth-order valence-electron chi connectivity index (χ4n) is 3.37. The molecule has 2 aromatic heterocycles. The van der Waals surface area contributed by atoms with Crippen LogP contribution in [0.2, 0.25) is 0 Å². The van der Waals surface area contributed by atoms with Gasteiger partial charge in [0.25, 0.3) is 0 Å². The first kappa shape index (κ1) is 15.3. The number of fused-ring (bicyclic) bond motifs is 2. The van der Waals surface area contributed by atoms with Crippen LogP contribution in [-0.2, 0) is 7.05 Å². The molecule has 0 amide bonds. The fourth-order valence-corrected chi connectivity index (χ4v) is 4.08. The lowest BCUT2D eigenvalue weighted by Gasteiger charge is -2.09. The third-order valence-corrected chi connectivity index (χ3v) is 5.33. The minimum absolute atomic E-state index is 0.212. The van der Waals surface area contributed by atoms with Crippen LogP contribution in [0.25, 0.3) is 33.3 Å². The van der Waals surface area contributed by atoms with E-state index < -0.39 is 0 Å². The van der Waals surface area contributed by atoms with Gasteiger partial charge in [-0.25, -0.2) is 0 Å². The van der Waals surface area contributed by atoms with Crippen LogP contribution in [0.5, 0.6) is 17.2 Å². The number of aromatic nitrogens is 2. The number of rotatable bonds is 3. The van der Waals surface area contributed by atoms with E-state index in [9.17, 15) is 0 Å². The van der Waals surface area contributed by atoms with Gasteiger partial charge in [0.1, 0.15) is 0 Å². The maximum absolute atomic E-state index is 5.56. The van der Waals surface area contributed by atoms with Crippen molar-refractivity contribution in [2.24, 2.45) is 7.05 Å². The van der Waals surface area contributed by atoms with Crippen LogP contribution in [0.3, 0.4) is 0 Å². The van der Waals surface area contributed by atoms with Gasteiger partial charge in [-0.3, -0.25) is 0 Å². The van der Waals surface area contributed by atoms with E-state index in [2.05, 4.69) is 51.8 Å². The Morgan fingerprint density at radius 1 is 1.12 bits per heavy atom. The summed E-state index contributed by atoms with van der Waals surface area (Å²) in [7, 11) is 3.69. The van der Waals surface area contributed by atoms with Crippen LogP contribution in [0, 0.1) is 0 Å². The molecule has 0 saturated heterocycles. The molecule has 4 aromatic rings. The maximum Gasteiger partial charge on any atom is 0.231 e. The molecule has 0 aliphatic carbocycles. The molecule has 5 rings (SSSR count). The molecular weight excluding hydrogens is 348 g/mol. The van der Waals surface area contributed by atoms with Crippen molar-refractivity contribution >= 4 is 22.4 Å². The highest BCUT2D eigenvalue weighted by Gasteiger charge is 2.22. The molecule has 0 unspecified atom stereocenters. The Morgan fingerprint density at radius 3 is 2.92 bits per heavy atom. The molecule has 26 heavy (non-hydrogen) atoms. The van der Waals surface area contributed by atoms with Gasteiger partial charge < -0.3 is 18.8 Å². The molecule has 5 nitrogen and oxygen atoms in total. The minimum atomic E-state index is 0.212. The van der Waals surface area contributed by atoms with E-state index in [0.717, 1.165) is 22.4 Å². The van der Waals surface area contributed by atoms with Crippen LogP contribution in [-0.4, -0.2) is 22.8 Å². The number of ether oxygens (including phenoxy) is 3. The molecule has 0 radical (unpaired) electrons. The minimum Gasteiger partial charge on any atom is -0.493 e. The summed E-state index contributed by atoms with van der Waals surface area (Å²) in [4.78, 5) is 0. The van der Waals surface area contributed by atoms with Crippen molar-refractivity contribution in [2.75, 3.05) is 13.9 Å². The van der Waals surface area contributed by atoms with E-state index in [1.807, 2.05) is 12.1 Å². The van der Waals surface area contributed by atoms with Gasteiger partial charge >= 0.3 is 0 Å². The number of hydrogen-bond donors (Lipinski definition) is 0. The average Bonchev–Trinajstić information content (AvgIpc) is 3.40. The SMILES string of the molecule is COc1cc(-c2nscc2-c2ccc3c(ccn3C)c2)cc2c1OCO2. The van der Waals surface area contributed by atoms with Gasteiger partial charge in [-0.15, -0.1) is 0 Å². The Kier molecular flexibility index (Phi) is 3.39. The molecule has 0 bridgehead atoms. The van der Waals surface area contributed by atoms with Crippen LogP contribution >= 0.6 is 11.5 Å². The van der Waals surface area contributed by atoms with E-state index in [-0.39, 0.29) is 6.79 Å². The van der Waals surface area contributed by atoms with Crippen molar-refractivity contribution in [3.63, 3.8) is 0 Å². The van der Waals surface area contributed by atoms with Crippen molar-refractivity contribution in [3.8, 4) is 39.6 Å². The standard InChI is InChI=1S/C20H16N2O3S/c1-22-6-5-13-7-12(3-4-16(13)22)15-10-26-21-19(15)14-8-17(23-2)20-18(9-14)24-11-25-20/h3-10H,11H2,1-2H3. The number of hydrogen-bond acceptors (Lipinski definition) is 5. The summed E-state index contributed by atoms with van der Waals surface area (Å²) in [5, 5.41) is 3.29. The Hall–Kier alpha value is -2.99. The monoisotopic (exact) mass is 364 g/mol. The summed E-state index contributed by atoms with van der Waals surface area (Å²) in [6, 6.07) is 12.5. The zero-order chi connectivity index (χ0) is 17.7. The lowest BCUT2D eigenvalue weighted by molar-refractivity contribution is 0.171. The number of methoxy groups -OCH3 is 1. The summed E-state index contributed by atoms with van der Waals surface area (Å²) in [5.74, 6) is 2.00. The zero-order valence-corrected chi connectivity index (χ0v) is 15.2. The molecule has 1 aliphatic rings. The van der Waals surface area contributed by atoms with Crippen molar-refractivity contribution in [1.29, 1.82) is 0 Å². The van der Waals surface area contributed by atoms with Crippen LogP contribution < -0.4 is 14.2 Å². The van der Waals surface area contributed by atoms with E-state index in [1.165, 1.54) is 22.4 Å². The molecule has 3 heterocycles. The molecule has 0 spiro atoms. The van der Waals surface area contributed by atoms with Gasteiger partial charge in [-0.2, -0.15) is 4.37 Å². The largest absolute Gasteiger partial charge is 0.493 e. The maximum atomic E-state index is 5.56. The second-order valence-corrected chi connectivity index (χ2v) is 6.82. The van der Waals surface area contributed by atoms with Gasteiger partial charge in [-0.1, -0.05) is 6.07 Å². The summed E-state index contributed by atoms with van der Waals surface area (Å²) in [6.45, 7) is 0.212. The Morgan fingerprint density at radius 2 is 2.04 bits per heavy atom. The Balaban J connectivity index is 1.65. The highest BCUT2D eigenvalue weighted by molar-refractivity contribution is 7.04. The molecule has 2 aromatic carbocycles. The molecule has 6 heteroatoms. The molecule has 0 atom stereocenters. The van der Waals surface area contributed by atoms with Gasteiger partial charge in [-0.05, 0) is 47.4 Å². The third kappa shape index (κ3) is 2.26. The van der Waals surface area contributed by atoms with E-state index in [0.29, 0.717) is 17.2 Å². The number of benzene rings is 2. The molecular formula is C20H16N2O3S. The topological polar surface area (TPSA) is 45.5 Å². The second-order valence-electron chi connectivity index (χ2n) is 6.19. The molecule has 0 fully saturated rings. The highest BCUT2D eigenvalue weighted by Crippen LogP contribution is 2.45. The number of aryl methyl sites for hydroxylation is 1. The Bertz CT molecular complexity index is 1130. The highest BCUT2D eigenvalue weighted by atomic mass is 32.1. The van der Waals surface area contributed by atoms with Crippen molar-refractivity contribution in [1.82, 2.24) is 8.94 Å². The van der Waals surface area contributed by atoms with Gasteiger partial charge in [0, 0.05) is 40.7 Å². The molecule has 0 saturated carbocycles. The third-order valence-electron chi connectivity index (χ3n) is 4.70. The quantitative estimate of drug-likeness (QED) is 0.528. The van der Waals surface area contributed by atoms with E-state index in [1.54, 1.807) is 7.11 Å². The second kappa shape index (κ2) is 5.78. The molecule has 1 aliphatic heterocycles. The zero-order valence-electron chi connectivity index (χ0n) is 14.4.